The first kappa shape index (κ1) is 17.6. The van der Waals surface area contributed by atoms with Crippen molar-refractivity contribution in [2.24, 2.45) is 0 Å². The first-order chi connectivity index (χ1) is 11.0. The van der Waals surface area contributed by atoms with E-state index in [1.54, 1.807) is 6.08 Å². The third-order valence-corrected chi connectivity index (χ3v) is 4.58. The lowest BCUT2D eigenvalue weighted by Gasteiger charge is -2.12. The van der Waals surface area contributed by atoms with Gasteiger partial charge in [-0.05, 0) is 31.5 Å². The van der Waals surface area contributed by atoms with Gasteiger partial charge in [0.05, 0.1) is 5.25 Å². The molecule has 1 atom stereocenters. The standard InChI is InChI=1S/C16H19ClN4OS/c1-4-9-21-12(3)19-20-16(21)23-11(2)15(22)18-10-13-5-7-14(17)8-6-13/h4-8,11H,1,9-10H2,2-3H3,(H,18,22). The molecule has 7 heteroatoms. The van der Waals surface area contributed by atoms with Gasteiger partial charge < -0.3 is 9.88 Å². The van der Waals surface area contributed by atoms with Gasteiger partial charge in [-0.3, -0.25) is 4.79 Å². The monoisotopic (exact) mass is 350 g/mol. The lowest BCUT2D eigenvalue weighted by atomic mass is 10.2. The van der Waals surface area contributed by atoms with E-state index in [-0.39, 0.29) is 11.2 Å². The van der Waals surface area contributed by atoms with Gasteiger partial charge in [0.2, 0.25) is 5.91 Å². The van der Waals surface area contributed by atoms with Gasteiger partial charge >= 0.3 is 0 Å². The molecule has 0 saturated carbocycles. The van der Waals surface area contributed by atoms with E-state index in [9.17, 15) is 4.79 Å². The maximum absolute atomic E-state index is 12.2. The molecule has 0 bridgehead atoms. The summed E-state index contributed by atoms with van der Waals surface area (Å²) >= 11 is 7.23. The van der Waals surface area contributed by atoms with Crippen LogP contribution in [0, 0.1) is 6.92 Å². The predicted octanol–water partition coefficient (Wildman–Crippen LogP) is 3.22. The molecule has 2 aromatic rings. The largest absolute Gasteiger partial charge is 0.351 e. The second-order valence-corrected chi connectivity index (χ2v) is 6.78. The van der Waals surface area contributed by atoms with Gasteiger partial charge in [0.15, 0.2) is 5.16 Å². The molecule has 0 fully saturated rings. The molecule has 1 N–H and O–H groups in total. The normalized spacial score (nSPS) is 12.0. The van der Waals surface area contributed by atoms with Crippen LogP contribution in [0.15, 0.2) is 42.1 Å². The Morgan fingerprint density at radius 1 is 1.43 bits per heavy atom. The van der Waals surface area contributed by atoms with E-state index < -0.39 is 0 Å². The summed E-state index contributed by atoms with van der Waals surface area (Å²) in [5.41, 5.74) is 1.01. The number of carbonyl (C=O) groups excluding carboxylic acids is 1. The van der Waals surface area contributed by atoms with Crippen molar-refractivity contribution < 1.29 is 4.79 Å². The average Bonchev–Trinajstić information content (AvgIpc) is 2.87. The Bertz CT molecular complexity index is 684. The van der Waals surface area contributed by atoms with Crippen LogP contribution >= 0.6 is 23.4 Å². The minimum absolute atomic E-state index is 0.0456. The molecule has 0 aliphatic rings. The fraction of sp³-hybridized carbons (Fsp3) is 0.312. The van der Waals surface area contributed by atoms with Crippen LogP contribution in [0.5, 0.6) is 0 Å². The van der Waals surface area contributed by atoms with Crippen molar-refractivity contribution in [1.82, 2.24) is 20.1 Å². The number of allylic oxidation sites excluding steroid dienone is 1. The Morgan fingerprint density at radius 2 is 2.13 bits per heavy atom. The van der Waals surface area contributed by atoms with Crippen LogP contribution in [-0.4, -0.2) is 25.9 Å². The Hall–Kier alpha value is -1.79. The summed E-state index contributed by atoms with van der Waals surface area (Å²) in [4.78, 5) is 12.2. The number of thioether (sulfide) groups is 1. The molecule has 5 nitrogen and oxygen atoms in total. The quantitative estimate of drug-likeness (QED) is 0.615. The molecule has 1 amide bonds. The lowest BCUT2D eigenvalue weighted by Crippen LogP contribution is -2.30. The van der Waals surface area contributed by atoms with Crippen LogP contribution in [-0.2, 0) is 17.9 Å². The van der Waals surface area contributed by atoms with Crippen LogP contribution in [0.3, 0.4) is 0 Å². The minimum atomic E-state index is -0.269. The highest BCUT2D eigenvalue weighted by Gasteiger charge is 2.18. The number of nitrogens with one attached hydrogen (secondary N) is 1. The number of nitrogens with zero attached hydrogens (tertiary/aromatic N) is 3. The van der Waals surface area contributed by atoms with Crippen LogP contribution in [0.4, 0.5) is 0 Å². The van der Waals surface area contributed by atoms with Crippen LogP contribution in [0.25, 0.3) is 0 Å². The Kier molecular flexibility index (Phi) is 6.24. The highest BCUT2D eigenvalue weighted by molar-refractivity contribution is 8.00. The first-order valence-corrected chi connectivity index (χ1v) is 8.46. The van der Waals surface area contributed by atoms with Crippen molar-refractivity contribution in [2.75, 3.05) is 0 Å². The molecule has 1 aromatic carbocycles. The van der Waals surface area contributed by atoms with E-state index in [1.165, 1.54) is 11.8 Å². The summed E-state index contributed by atoms with van der Waals surface area (Å²) in [5, 5.41) is 12.2. The number of hydrogen-bond acceptors (Lipinski definition) is 4. The summed E-state index contributed by atoms with van der Waals surface area (Å²) in [5.74, 6) is 0.761. The molecule has 1 heterocycles. The molecule has 1 aromatic heterocycles. The van der Waals surface area contributed by atoms with E-state index in [2.05, 4.69) is 22.1 Å². The predicted molar refractivity (Wildman–Crippen MR) is 93.6 cm³/mol. The summed E-state index contributed by atoms with van der Waals surface area (Å²) in [6.45, 7) is 8.56. The second-order valence-electron chi connectivity index (χ2n) is 5.03. The third kappa shape index (κ3) is 4.84. The Balaban J connectivity index is 1.92. The SMILES string of the molecule is C=CCn1c(C)nnc1SC(C)C(=O)NCc1ccc(Cl)cc1. The van der Waals surface area contributed by atoms with E-state index in [0.717, 1.165) is 16.5 Å². The number of amides is 1. The van der Waals surface area contributed by atoms with Crippen molar-refractivity contribution in [3.05, 3.63) is 53.3 Å². The van der Waals surface area contributed by atoms with E-state index >= 15 is 0 Å². The molecule has 0 radical (unpaired) electrons. The molecular formula is C16H19ClN4OS. The summed E-state index contributed by atoms with van der Waals surface area (Å²) < 4.78 is 1.93. The van der Waals surface area contributed by atoms with Crippen molar-refractivity contribution in [1.29, 1.82) is 0 Å². The Morgan fingerprint density at radius 3 is 2.78 bits per heavy atom. The molecule has 0 aliphatic heterocycles. The van der Waals surface area contributed by atoms with E-state index in [4.69, 9.17) is 11.6 Å². The maximum Gasteiger partial charge on any atom is 0.233 e. The third-order valence-electron chi connectivity index (χ3n) is 3.24. The molecule has 23 heavy (non-hydrogen) atoms. The molecule has 0 spiro atoms. The number of carbonyl (C=O) groups is 1. The van der Waals surface area contributed by atoms with Gasteiger partial charge in [-0.15, -0.1) is 16.8 Å². The number of hydrogen-bond donors (Lipinski definition) is 1. The number of aryl methyl sites for hydroxylation is 1. The lowest BCUT2D eigenvalue weighted by molar-refractivity contribution is -0.120. The average molecular weight is 351 g/mol. The van der Waals surface area contributed by atoms with Gasteiger partial charge in [-0.1, -0.05) is 41.6 Å². The van der Waals surface area contributed by atoms with Crippen LogP contribution in [0.2, 0.25) is 5.02 Å². The van der Waals surface area contributed by atoms with Gasteiger partial charge in [-0.2, -0.15) is 0 Å². The summed E-state index contributed by atoms with van der Waals surface area (Å²) in [6.07, 6.45) is 1.78. The van der Waals surface area contributed by atoms with Crippen LogP contribution < -0.4 is 5.32 Å². The molecule has 122 valence electrons. The number of benzene rings is 1. The fourth-order valence-electron chi connectivity index (χ4n) is 1.93. The van der Waals surface area contributed by atoms with Gasteiger partial charge in [0.1, 0.15) is 5.82 Å². The van der Waals surface area contributed by atoms with Crippen LogP contribution in [0.1, 0.15) is 18.3 Å². The number of halogens is 1. The van der Waals surface area contributed by atoms with E-state index in [0.29, 0.717) is 18.1 Å². The summed E-state index contributed by atoms with van der Waals surface area (Å²) in [6, 6.07) is 7.40. The number of aromatic nitrogens is 3. The minimum Gasteiger partial charge on any atom is -0.351 e. The Labute approximate surface area is 145 Å². The van der Waals surface area contributed by atoms with Gasteiger partial charge in [-0.25, -0.2) is 0 Å². The molecule has 0 saturated heterocycles. The summed E-state index contributed by atoms with van der Waals surface area (Å²) in [7, 11) is 0. The molecule has 2 rings (SSSR count). The molecular weight excluding hydrogens is 332 g/mol. The second kappa shape index (κ2) is 8.17. The molecule has 0 aliphatic carbocycles. The van der Waals surface area contributed by atoms with Gasteiger partial charge in [0.25, 0.3) is 0 Å². The zero-order valence-corrected chi connectivity index (χ0v) is 14.7. The van der Waals surface area contributed by atoms with Crippen molar-refractivity contribution in [3.63, 3.8) is 0 Å². The van der Waals surface area contributed by atoms with Crippen molar-refractivity contribution >= 4 is 29.3 Å². The maximum atomic E-state index is 12.2. The fourth-order valence-corrected chi connectivity index (χ4v) is 2.99. The highest BCUT2D eigenvalue weighted by atomic mass is 35.5. The highest BCUT2D eigenvalue weighted by Crippen LogP contribution is 2.22. The smallest absolute Gasteiger partial charge is 0.233 e. The van der Waals surface area contributed by atoms with Crippen molar-refractivity contribution in [3.8, 4) is 0 Å². The first-order valence-electron chi connectivity index (χ1n) is 7.20. The number of rotatable bonds is 7. The molecule has 1 unspecified atom stereocenters. The zero-order valence-electron chi connectivity index (χ0n) is 13.1. The van der Waals surface area contributed by atoms with E-state index in [1.807, 2.05) is 42.7 Å². The van der Waals surface area contributed by atoms with Gasteiger partial charge in [0, 0.05) is 18.1 Å². The topological polar surface area (TPSA) is 59.8 Å². The van der Waals surface area contributed by atoms with Crippen molar-refractivity contribution in [2.45, 2.75) is 37.3 Å². The zero-order chi connectivity index (χ0) is 16.8.